The van der Waals surface area contributed by atoms with E-state index in [2.05, 4.69) is 6.07 Å². The van der Waals surface area contributed by atoms with Crippen LogP contribution in [0.2, 0.25) is 5.02 Å². The average molecular weight is 336 g/mol. The maximum Gasteiger partial charge on any atom is 0.222 e. The van der Waals surface area contributed by atoms with E-state index in [0.717, 1.165) is 25.8 Å². The molecule has 0 radical (unpaired) electrons. The third kappa shape index (κ3) is 3.19. The number of nitrogens with zero attached hydrogens (tertiary/aromatic N) is 3. The largest absolute Gasteiger partial charge is 0.338 e. The van der Waals surface area contributed by atoms with Crippen molar-refractivity contribution >= 4 is 17.5 Å². The number of nitriles is 1. The number of halogens is 2. The summed E-state index contributed by atoms with van der Waals surface area (Å²) in [5.41, 5.74) is 0.241. The Kier molecular flexibility index (Phi) is 4.84. The maximum atomic E-state index is 14.2. The Morgan fingerprint density at radius 3 is 2.83 bits per heavy atom. The van der Waals surface area contributed by atoms with Gasteiger partial charge in [-0.15, -0.1) is 0 Å². The van der Waals surface area contributed by atoms with Crippen LogP contribution in [0, 0.1) is 17.1 Å². The third-order valence-electron chi connectivity index (χ3n) is 4.74. The summed E-state index contributed by atoms with van der Waals surface area (Å²) < 4.78 is 14.2. The Balaban J connectivity index is 1.82. The molecule has 2 saturated heterocycles. The van der Waals surface area contributed by atoms with Gasteiger partial charge >= 0.3 is 0 Å². The number of hydrogen-bond acceptors (Lipinski definition) is 3. The molecule has 2 aliphatic heterocycles. The van der Waals surface area contributed by atoms with Crippen molar-refractivity contribution in [3.8, 4) is 6.07 Å². The number of likely N-dealkylation sites (tertiary alicyclic amines) is 2. The van der Waals surface area contributed by atoms with Gasteiger partial charge in [-0.25, -0.2) is 4.39 Å². The second-order valence-corrected chi connectivity index (χ2v) is 6.56. The maximum absolute atomic E-state index is 14.2. The van der Waals surface area contributed by atoms with Gasteiger partial charge in [-0.1, -0.05) is 17.7 Å². The minimum absolute atomic E-state index is 0.111. The zero-order valence-electron chi connectivity index (χ0n) is 12.8. The van der Waals surface area contributed by atoms with Gasteiger partial charge in [0.25, 0.3) is 0 Å². The van der Waals surface area contributed by atoms with Gasteiger partial charge in [0.15, 0.2) is 0 Å². The number of benzene rings is 1. The van der Waals surface area contributed by atoms with E-state index in [-0.39, 0.29) is 22.5 Å². The Labute approximate surface area is 140 Å². The first kappa shape index (κ1) is 16.2. The van der Waals surface area contributed by atoms with Crippen LogP contribution in [0.15, 0.2) is 18.2 Å². The molecule has 23 heavy (non-hydrogen) atoms. The fourth-order valence-corrected chi connectivity index (χ4v) is 3.89. The zero-order chi connectivity index (χ0) is 16.4. The lowest BCUT2D eigenvalue weighted by molar-refractivity contribution is -0.130. The monoisotopic (exact) mass is 335 g/mol. The molecule has 0 unspecified atom stereocenters. The van der Waals surface area contributed by atoms with Gasteiger partial charge in [0, 0.05) is 36.1 Å². The Morgan fingerprint density at radius 1 is 1.35 bits per heavy atom. The molecule has 122 valence electrons. The predicted molar refractivity (Wildman–Crippen MR) is 85.3 cm³/mol. The van der Waals surface area contributed by atoms with E-state index in [1.807, 2.05) is 9.80 Å². The Hall–Kier alpha value is -1.64. The van der Waals surface area contributed by atoms with Crippen LogP contribution >= 0.6 is 11.6 Å². The molecule has 2 atom stereocenters. The molecule has 4 nitrogen and oxygen atoms in total. The summed E-state index contributed by atoms with van der Waals surface area (Å²) in [5.74, 6) is -0.266. The molecule has 1 aromatic rings. The summed E-state index contributed by atoms with van der Waals surface area (Å²) in [6.45, 7) is 2.09. The quantitative estimate of drug-likeness (QED) is 0.852. The highest BCUT2D eigenvalue weighted by molar-refractivity contribution is 6.31. The number of piperidine rings is 1. The van der Waals surface area contributed by atoms with Crippen molar-refractivity contribution in [1.82, 2.24) is 9.80 Å². The molecule has 6 heteroatoms. The lowest BCUT2D eigenvalue weighted by Gasteiger charge is -2.39. The van der Waals surface area contributed by atoms with Crippen molar-refractivity contribution in [3.63, 3.8) is 0 Å². The zero-order valence-corrected chi connectivity index (χ0v) is 13.6. The van der Waals surface area contributed by atoms with E-state index in [1.54, 1.807) is 6.07 Å². The van der Waals surface area contributed by atoms with Crippen LogP contribution in [0.1, 0.15) is 37.3 Å². The van der Waals surface area contributed by atoms with E-state index in [4.69, 9.17) is 11.6 Å². The Morgan fingerprint density at radius 2 is 2.17 bits per heavy atom. The average Bonchev–Trinajstić information content (AvgIpc) is 2.97. The first-order chi connectivity index (χ1) is 11.1. The number of hydrogen-bond donors (Lipinski definition) is 0. The van der Waals surface area contributed by atoms with Gasteiger partial charge in [0.2, 0.25) is 5.91 Å². The van der Waals surface area contributed by atoms with E-state index in [9.17, 15) is 14.4 Å². The van der Waals surface area contributed by atoms with E-state index in [1.165, 1.54) is 12.1 Å². The summed E-state index contributed by atoms with van der Waals surface area (Å²) in [7, 11) is 0. The van der Waals surface area contributed by atoms with Gasteiger partial charge in [0.1, 0.15) is 11.9 Å². The summed E-state index contributed by atoms with van der Waals surface area (Å²) >= 11 is 6.13. The molecular formula is C17H19ClFN3O. The first-order valence-corrected chi connectivity index (χ1v) is 8.36. The van der Waals surface area contributed by atoms with Crippen molar-refractivity contribution in [2.45, 2.75) is 37.8 Å². The molecule has 0 saturated carbocycles. The molecule has 1 amide bonds. The molecule has 0 aliphatic carbocycles. The summed E-state index contributed by atoms with van der Waals surface area (Å²) in [4.78, 5) is 15.8. The minimum atomic E-state index is -0.718. The van der Waals surface area contributed by atoms with E-state index >= 15 is 0 Å². The van der Waals surface area contributed by atoms with Gasteiger partial charge in [0.05, 0.1) is 6.07 Å². The molecule has 0 aromatic heterocycles. The Bertz CT molecular complexity index is 625. The first-order valence-electron chi connectivity index (χ1n) is 7.99. The topological polar surface area (TPSA) is 47.3 Å². The summed E-state index contributed by atoms with van der Waals surface area (Å²) in [6, 6.07) is 6.06. The second kappa shape index (κ2) is 6.86. The standard InChI is InChI=1S/C17H19ClFN3O/c18-13-5-1-6-14(19)17(13)15(10-20)21-8-2-4-12(11-21)22-9-3-7-16(22)23/h1,5-6,12,15H,2-4,7-9,11H2/t12-,15+/m0/s1. The van der Waals surface area contributed by atoms with E-state index < -0.39 is 11.9 Å². The molecule has 1 aromatic carbocycles. The molecule has 2 heterocycles. The number of carbonyl (C=O) groups is 1. The van der Waals surface area contributed by atoms with Crippen molar-refractivity contribution < 1.29 is 9.18 Å². The normalized spacial score (nSPS) is 23.8. The summed E-state index contributed by atoms with van der Waals surface area (Å²) in [5, 5.41) is 9.86. The minimum Gasteiger partial charge on any atom is -0.338 e. The van der Waals surface area contributed by atoms with Crippen molar-refractivity contribution in [1.29, 1.82) is 5.26 Å². The molecule has 0 N–H and O–H groups in total. The molecule has 2 fully saturated rings. The van der Waals surface area contributed by atoms with Crippen LogP contribution in [0.3, 0.4) is 0 Å². The molecule has 2 aliphatic rings. The van der Waals surface area contributed by atoms with Crippen LogP contribution in [-0.2, 0) is 4.79 Å². The highest BCUT2D eigenvalue weighted by Gasteiger charge is 2.35. The van der Waals surface area contributed by atoms with Crippen molar-refractivity contribution in [3.05, 3.63) is 34.6 Å². The van der Waals surface area contributed by atoms with Crippen LogP contribution in [0.4, 0.5) is 4.39 Å². The molecule has 0 spiro atoms. The van der Waals surface area contributed by atoms with Gasteiger partial charge in [-0.05, 0) is 37.9 Å². The fraction of sp³-hybridized carbons (Fsp3) is 0.529. The SMILES string of the molecule is N#C[C@H](c1c(F)cccc1Cl)N1CCC[C@H](N2CCCC2=O)C1. The lowest BCUT2D eigenvalue weighted by Crippen LogP contribution is -2.49. The highest BCUT2D eigenvalue weighted by atomic mass is 35.5. The van der Waals surface area contributed by atoms with Crippen LogP contribution in [-0.4, -0.2) is 41.4 Å². The van der Waals surface area contributed by atoms with Gasteiger partial charge in [-0.3, -0.25) is 9.69 Å². The number of amides is 1. The predicted octanol–water partition coefficient (Wildman–Crippen LogP) is 3.13. The fourth-order valence-electron chi connectivity index (χ4n) is 3.63. The smallest absolute Gasteiger partial charge is 0.222 e. The number of rotatable bonds is 3. The molecule has 3 rings (SSSR count). The van der Waals surface area contributed by atoms with Crippen molar-refractivity contribution in [2.75, 3.05) is 19.6 Å². The number of carbonyl (C=O) groups excluding carboxylic acids is 1. The van der Waals surface area contributed by atoms with Gasteiger partial charge in [-0.2, -0.15) is 5.26 Å². The van der Waals surface area contributed by atoms with Crippen molar-refractivity contribution in [2.24, 2.45) is 0 Å². The second-order valence-electron chi connectivity index (χ2n) is 6.15. The van der Waals surface area contributed by atoms with Crippen LogP contribution in [0.25, 0.3) is 0 Å². The van der Waals surface area contributed by atoms with Gasteiger partial charge < -0.3 is 4.90 Å². The highest BCUT2D eigenvalue weighted by Crippen LogP contribution is 2.32. The van der Waals surface area contributed by atoms with Crippen LogP contribution < -0.4 is 0 Å². The molecular weight excluding hydrogens is 317 g/mol. The third-order valence-corrected chi connectivity index (χ3v) is 5.07. The summed E-state index contributed by atoms with van der Waals surface area (Å²) in [6.07, 6.45) is 3.33. The van der Waals surface area contributed by atoms with E-state index in [0.29, 0.717) is 19.5 Å². The lowest BCUT2D eigenvalue weighted by atomic mass is 9.99. The van der Waals surface area contributed by atoms with Crippen LogP contribution in [0.5, 0.6) is 0 Å². The molecule has 0 bridgehead atoms.